The molecule has 9 heteroatoms. The number of esters is 1. The van der Waals surface area contributed by atoms with Crippen molar-refractivity contribution in [1.82, 2.24) is 19.4 Å². The summed E-state index contributed by atoms with van der Waals surface area (Å²) in [5.41, 5.74) is 0.460. The molecule has 1 saturated heterocycles. The molecule has 3 rings (SSSR count). The van der Waals surface area contributed by atoms with E-state index in [1.165, 1.54) is 11.7 Å². The van der Waals surface area contributed by atoms with E-state index >= 15 is 0 Å². The number of rotatable bonds is 5. The molecule has 0 radical (unpaired) electrons. The van der Waals surface area contributed by atoms with Gasteiger partial charge in [0.2, 0.25) is 11.7 Å². The number of hydrogen-bond acceptors (Lipinski definition) is 8. The van der Waals surface area contributed by atoms with Crippen molar-refractivity contribution in [3.63, 3.8) is 0 Å². The second-order valence-corrected chi connectivity index (χ2v) is 8.28. The zero-order chi connectivity index (χ0) is 21.9. The maximum absolute atomic E-state index is 12.3. The molecule has 1 fully saturated rings. The number of carbonyl (C=O) groups excluding carboxylic acids is 2. The molecule has 162 valence electrons. The zero-order valence-corrected chi connectivity index (χ0v) is 18.0. The van der Waals surface area contributed by atoms with Gasteiger partial charge in [0.1, 0.15) is 12.2 Å². The summed E-state index contributed by atoms with van der Waals surface area (Å²) < 4.78 is 17.3. The highest BCUT2D eigenvalue weighted by Crippen LogP contribution is 2.24. The highest BCUT2D eigenvalue weighted by atomic mass is 16.6. The first-order valence-corrected chi connectivity index (χ1v) is 9.88. The molecular weight excluding hydrogens is 388 g/mol. The Balaban J connectivity index is 1.84. The number of likely N-dealkylation sites (N-methyl/N-ethyl adjacent to an activating group) is 1. The molecule has 0 aliphatic carbocycles. The Hall–Kier alpha value is -2.94. The molecule has 0 saturated carbocycles. The third-order valence-electron chi connectivity index (χ3n) is 4.76. The third-order valence-corrected chi connectivity index (χ3v) is 4.76. The fourth-order valence-corrected chi connectivity index (χ4v) is 3.18. The van der Waals surface area contributed by atoms with Crippen molar-refractivity contribution in [2.24, 2.45) is 0 Å². The maximum Gasteiger partial charge on any atom is 0.418 e. The largest absolute Gasteiger partial charge is 0.476 e. The van der Waals surface area contributed by atoms with Crippen LogP contribution in [0.5, 0.6) is 5.88 Å². The molecule has 1 aliphatic rings. The van der Waals surface area contributed by atoms with Crippen LogP contribution in [0.3, 0.4) is 0 Å². The van der Waals surface area contributed by atoms with Crippen LogP contribution in [-0.2, 0) is 9.47 Å². The molecule has 2 aromatic rings. The molecule has 1 aliphatic heterocycles. The number of carbonyl (C=O) groups is 2. The van der Waals surface area contributed by atoms with E-state index in [4.69, 9.17) is 14.2 Å². The molecule has 0 amide bonds. The summed E-state index contributed by atoms with van der Waals surface area (Å²) in [4.78, 5) is 35.0. The SMILES string of the molecule is COC(=O)c1nc(OC[C@@H]2CCCN2C)cc(-c2ccn(C(=O)OC(C)(C)C)c2)n1. The molecule has 1 atom stereocenters. The maximum atomic E-state index is 12.3. The van der Waals surface area contributed by atoms with Gasteiger partial charge in [-0.3, -0.25) is 4.57 Å². The lowest BCUT2D eigenvalue weighted by atomic mass is 10.2. The topological polar surface area (TPSA) is 95.8 Å². The summed E-state index contributed by atoms with van der Waals surface area (Å²) in [5, 5.41) is 0. The van der Waals surface area contributed by atoms with Gasteiger partial charge in [-0.2, -0.15) is 4.98 Å². The minimum atomic E-state index is -0.661. The molecular formula is C21H28N4O5. The van der Waals surface area contributed by atoms with Crippen LogP contribution in [0, 0.1) is 0 Å². The van der Waals surface area contributed by atoms with Crippen LogP contribution >= 0.6 is 0 Å². The summed E-state index contributed by atoms with van der Waals surface area (Å²) in [6, 6.07) is 3.66. The number of ether oxygens (including phenoxy) is 3. The van der Waals surface area contributed by atoms with Crippen molar-refractivity contribution in [2.45, 2.75) is 45.3 Å². The Morgan fingerprint density at radius 3 is 2.67 bits per heavy atom. The monoisotopic (exact) mass is 416 g/mol. The van der Waals surface area contributed by atoms with Crippen molar-refractivity contribution in [2.75, 3.05) is 27.3 Å². The molecule has 30 heavy (non-hydrogen) atoms. The Labute approximate surface area is 176 Å². The van der Waals surface area contributed by atoms with Crippen LogP contribution < -0.4 is 4.74 Å². The van der Waals surface area contributed by atoms with Gasteiger partial charge in [0.25, 0.3) is 0 Å². The standard InChI is InChI=1S/C21H28N4O5/c1-21(2,3)30-20(27)25-10-8-14(12-25)16-11-17(23-18(22-16)19(26)28-5)29-13-15-7-6-9-24(15)4/h8,10-12,15H,6-7,9,13H2,1-5H3/t15-/m0/s1. The van der Waals surface area contributed by atoms with E-state index in [9.17, 15) is 9.59 Å². The normalized spacial score (nSPS) is 17.0. The van der Waals surface area contributed by atoms with Gasteiger partial charge < -0.3 is 19.1 Å². The van der Waals surface area contributed by atoms with E-state index < -0.39 is 17.7 Å². The van der Waals surface area contributed by atoms with Crippen molar-refractivity contribution < 1.29 is 23.8 Å². The lowest BCUT2D eigenvalue weighted by Crippen LogP contribution is -2.30. The van der Waals surface area contributed by atoms with Crippen molar-refractivity contribution in [3.8, 4) is 17.1 Å². The van der Waals surface area contributed by atoms with Crippen LogP contribution in [0.4, 0.5) is 4.79 Å². The first-order chi connectivity index (χ1) is 14.2. The fourth-order valence-electron chi connectivity index (χ4n) is 3.18. The third kappa shape index (κ3) is 5.35. The van der Waals surface area contributed by atoms with E-state index in [1.54, 1.807) is 45.3 Å². The van der Waals surface area contributed by atoms with Crippen LogP contribution in [0.25, 0.3) is 11.3 Å². The zero-order valence-electron chi connectivity index (χ0n) is 18.0. The molecule has 0 N–H and O–H groups in total. The number of hydrogen-bond donors (Lipinski definition) is 0. The molecule has 2 aromatic heterocycles. The van der Waals surface area contributed by atoms with Crippen LogP contribution in [-0.4, -0.2) is 70.4 Å². The van der Waals surface area contributed by atoms with Crippen molar-refractivity contribution in [1.29, 1.82) is 0 Å². The van der Waals surface area contributed by atoms with Gasteiger partial charge in [-0.1, -0.05) is 0 Å². The molecule has 0 aromatic carbocycles. The number of methoxy groups -OCH3 is 1. The highest BCUT2D eigenvalue weighted by Gasteiger charge is 2.23. The average Bonchev–Trinajstić information content (AvgIpc) is 3.33. The van der Waals surface area contributed by atoms with Crippen molar-refractivity contribution >= 4 is 12.1 Å². The predicted molar refractivity (Wildman–Crippen MR) is 110 cm³/mol. The number of nitrogens with zero attached hydrogens (tertiary/aromatic N) is 4. The molecule has 0 spiro atoms. The van der Waals surface area contributed by atoms with Gasteiger partial charge >= 0.3 is 12.1 Å². The van der Waals surface area contributed by atoms with Crippen LogP contribution in [0.15, 0.2) is 24.5 Å². The van der Waals surface area contributed by atoms with Gasteiger partial charge in [0.15, 0.2) is 0 Å². The van der Waals surface area contributed by atoms with E-state index in [0.29, 0.717) is 23.9 Å². The Bertz CT molecular complexity index is 918. The summed E-state index contributed by atoms with van der Waals surface area (Å²) in [6.07, 6.45) is 4.85. The summed E-state index contributed by atoms with van der Waals surface area (Å²) >= 11 is 0. The van der Waals surface area contributed by atoms with E-state index in [-0.39, 0.29) is 11.7 Å². The molecule has 0 bridgehead atoms. The average molecular weight is 416 g/mol. The van der Waals surface area contributed by atoms with E-state index in [2.05, 4.69) is 21.9 Å². The van der Waals surface area contributed by atoms with Gasteiger partial charge in [-0.15, -0.1) is 0 Å². The van der Waals surface area contributed by atoms with Gasteiger partial charge in [-0.25, -0.2) is 14.6 Å². The van der Waals surface area contributed by atoms with Gasteiger partial charge in [0.05, 0.1) is 12.8 Å². The summed E-state index contributed by atoms with van der Waals surface area (Å²) in [5.74, 6) is -0.480. The smallest absolute Gasteiger partial charge is 0.418 e. The van der Waals surface area contributed by atoms with Crippen molar-refractivity contribution in [3.05, 3.63) is 30.4 Å². The highest BCUT2D eigenvalue weighted by molar-refractivity contribution is 5.86. The Kier molecular flexibility index (Phi) is 6.40. The molecule has 0 unspecified atom stereocenters. The summed E-state index contributed by atoms with van der Waals surface area (Å²) in [6.45, 7) is 6.90. The van der Waals surface area contributed by atoms with Gasteiger partial charge in [-0.05, 0) is 53.3 Å². The second kappa shape index (κ2) is 8.83. The quantitative estimate of drug-likeness (QED) is 0.687. The fraction of sp³-hybridized carbons (Fsp3) is 0.524. The lowest BCUT2D eigenvalue weighted by Gasteiger charge is -2.19. The predicted octanol–water partition coefficient (Wildman–Crippen LogP) is 2.99. The minimum absolute atomic E-state index is 0.102. The summed E-state index contributed by atoms with van der Waals surface area (Å²) in [7, 11) is 3.33. The minimum Gasteiger partial charge on any atom is -0.476 e. The second-order valence-electron chi connectivity index (χ2n) is 8.28. The van der Waals surface area contributed by atoms with E-state index in [1.807, 2.05) is 0 Å². The first-order valence-electron chi connectivity index (χ1n) is 9.88. The Morgan fingerprint density at radius 1 is 1.27 bits per heavy atom. The molecule has 3 heterocycles. The van der Waals surface area contributed by atoms with Gasteiger partial charge in [0, 0.05) is 30.1 Å². The van der Waals surface area contributed by atoms with Crippen LogP contribution in [0.1, 0.15) is 44.2 Å². The lowest BCUT2D eigenvalue weighted by molar-refractivity contribution is 0.0535. The first kappa shape index (κ1) is 21.8. The molecule has 9 nitrogen and oxygen atoms in total. The number of aromatic nitrogens is 3. The van der Waals surface area contributed by atoms with Crippen LogP contribution in [0.2, 0.25) is 0 Å². The van der Waals surface area contributed by atoms with E-state index in [0.717, 1.165) is 19.4 Å². The number of likely N-dealkylation sites (tertiary alicyclic amines) is 1. The Morgan fingerprint density at radius 2 is 2.03 bits per heavy atom.